The van der Waals surface area contributed by atoms with Crippen LogP contribution in [0.1, 0.15) is 35.2 Å². The van der Waals surface area contributed by atoms with E-state index in [1.54, 1.807) is 55.5 Å². The zero-order chi connectivity index (χ0) is 34.5. The van der Waals surface area contributed by atoms with Crippen molar-refractivity contribution in [2.24, 2.45) is 4.99 Å². The van der Waals surface area contributed by atoms with Gasteiger partial charge in [0, 0.05) is 17.7 Å². The van der Waals surface area contributed by atoms with Crippen molar-refractivity contribution < 1.29 is 28.7 Å². The highest BCUT2D eigenvalue weighted by Gasteiger charge is 2.35. The number of rotatable bonds is 11. The fourth-order valence-corrected chi connectivity index (χ4v) is 6.47. The predicted octanol–water partition coefficient (Wildman–Crippen LogP) is 5.44. The molecule has 1 atom stereocenters. The first-order valence-electron chi connectivity index (χ1n) is 15.3. The van der Waals surface area contributed by atoms with Crippen molar-refractivity contribution in [3.63, 3.8) is 0 Å². The normalized spacial score (nSPS) is 14.1. The van der Waals surface area contributed by atoms with Gasteiger partial charge in [-0.3, -0.25) is 19.5 Å². The van der Waals surface area contributed by atoms with Gasteiger partial charge >= 0.3 is 5.97 Å². The van der Waals surface area contributed by atoms with Crippen molar-refractivity contribution in [3.8, 4) is 17.2 Å². The van der Waals surface area contributed by atoms with Crippen LogP contribution in [0.2, 0.25) is 0 Å². The van der Waals surface area contributed by atoms with Crippen LogP contribution in [-0.2, 0) is 16.1 Å². The quantitative estimate of drug-likeness (QED) is 0.103. The van der Waals surface area contributed by atoms with E-state index in [2.05, 4.69) is 0 Å². The van der Waals surface area contributed by atoms with Gasteiger partial charge in [-0.2, -0.15) is 0 Å². The second kappa shape index (κ2) is 14.4. The third-order valence-electron chi connectivity index (χ3n) is 7.83. The summed E-state index contributed by atoms with van der Waals surface area (Å²) >= 11 is 1.22. The Hall–Kier alpha value is -6.01. The number of non-ortho nitro benzene ring substituents is 1. The van der Waals surface area contributed by atoms with Crippen molar-refractivity contribution in [2.75, 3.05) is 20.8 Å². The van der Waals surface area contributed by atoms with Crippen LogP contribution in [-0.4, -0.2) is 36.3 Å². The van der Waals surface area contributed by atoms with Gasteiger partial charge in [-0.1, -0.05) is 59.9 Å². The van der Waals surface area contributed by atoms with Crippen LogP contribution in [0.3, 0.4) is 0 Å². The van der Waals surface area contributed by atoms with Crippen molar-refractivity contribution in [1.82, 2.24) is 4.57 Å². The van der Waals surface area contributed by atoms with Gasteiger partial charge in [-0.25, -0.2) is 9.79 Å². The lowest BCUT2D eigenvalue weighted by molar-refractivity contribution is -0.384. The van der Waals surface area contributed by atoms with E-state index in [9.17, 15) is 19.7 Å². The van der Waals surface area contributed by atoms with Crippen LogP contribution in [0, 0.1) is 10.1 Å². The monoisotopic (exact) mass is 677 g/mol. The Morgan fingerprint density at radius 1 is 0.959 bits per heavy atom. The molecule has 0 saturated carbocycles. The average Bonchev–Trinajstić information content (AvgIpc) is 3.44. The number of methoxy groups -OCH3 is 2. The van der Waals surface area contributed by atoms with Gasteiger partial charge < -0.3 is 18.9 Å². The van der Waals surface area contributed by atoms with E-state index < -0.39 is 16.9 Å². The smallest absolute Gasteiger partial charge is 0.338 e. The Morgan fingerprint density at radius 3 is 2.33 bits per heavy atom. The summed E-state index contributed by atoms with van der Waals surface area (Å²) in [7, 11) is 3.06. The Labute approximate surface area is 284 Å². The van der Waals surface area contributed by atoms with Crippen LogP contribution in [0.4, 0.5) is 5.69 Å². The first-order valence-corrected chi connectivity index (χ1v) is 16.1. The number of hydrogen-bond donors (Lipinski definition) is 0. The maximum atomic E-state index is 14.2. The van der Waals surface area contributed by atoms with Crippen molar-refractivity contribution in [1.29, 1.82) is 0 Å². The molecule has 0 spiro atoms. The van der Waals surface area contributed by atoms with E-state index in [0.29, 0.717) is 43.4 Å². The molecule has 1 aliphatic rings. The van der Waals surface area contributed by atoms with Gasteiger partial charge in [-0.15, -0.1) is 0 Å². The molecule has 0 bridgehead atoms. The Morgan fingerprint density at radius 2 is 1.67 bits per heavy atom. The zero-order valence-corrected chi connectivity index (χ0v) is 27.6. The summed E-state index contributed by atoms with van der Waals surface area (Å²) in [4.78, 5) is 43.7. The summed E-state index contributed by atoms with van der Waals surface area (Å²) in [5.74, 6) is 0.962. The molecule has 0 aliphatic carbocycles. The van der Waals surface area contributed by atoms with Gasteiger partial charge in [0.25, 0.3) is 11.2 Å². The number of thiazole rings is 1. The third kappa shape index (κ3) is 6.85. The summed E-state index contributed by atoms with van der Waals surface area (Å²) in [6.07, 6.45) is 1.77. The number of benzene rings is 4. The number of nitro groups is 1. The highest BCUT2D eigenvalue weighted by atomic mass is 32.1. The van der Waals surface area contributed by atoms with E-state index in [-0.39, 0.29) is 30.0 Å². The van der Waals surface area contributed by atoms with E-state index >= 15 is 0 Å². The molecule has 6 rings (SSSR count). The first-order chi connectivity index (χ1) is 23.8. The molecular formula is C37H31N3O8S. The maximum absolute atomic E-state index is 14.2. The van der Waals surface area contributed by atoms with E-state index in [1.165, 1.54) is 42.3 Å². The number of ether oxygens (including phenoxy) is 4. The van der Waals surface area contributed by atoms with Gasteiger partial charge in [0.1, 0.15) is 12.4 Å². The highest BCUT2D eigenvalue weighted by molar-refractivity contribution is 7.07. The topological polar surface area (TPSA) is 131 Å². The van der Waals surface area contributed by atoms with Gasteiger partial charge in [0.15, 0.2) is 16.3 Å². The number of carbonyl (C=O) groups excluding carboxylic acids is 1. The number of aromatic nitrogens is 1. The van der Waals surface area contributed by atoms with Crippen molar-refractivity contribution in [2.45, 2.75) is 19.6 Å². The van der Waals surface area contributed by atoms with Crippen LogP contribution in [0.5, 0.6) is 17.2 Å². The predicted molar refractivity (Wildman–Crippen MR) is 184 cm³/mol. The minimum absolute atomic E-state index is 0.0156. The number of esters is 1. The van der Waals surface area contributed by atoms with Crippen molar-refractivity contribution in [3.05, 3.63) is 155 Å². The summed E-state index contributed by atoms with van der Waals surface area (Å²) in [5, 5.41) is 10.9. The molecule has 0 N–H and O–H groups in total. The molecule has 0 radical (unpaired) electrons. The van der Waals surface area contributed by atoms with Gasteiger partial charge in [0.05, 0.1) is 47.6 Å². The van der Waals surface area contributed by atoms with Crippen LogP contribution in [0.15, 0.2) is 112 Å². The molecular weight excluding hydrogens is 646 g/mol. The molecule has 11 nitrogen and oxygen atoms in total. The second-order valence-electron chi connectivity index (χ2n) is 10.8. The SMILES string of the molecule is CCOC(=O)C1=C(c2ccccc2)N=c2s/c(=C\c3ccc(OCc4ccc([N+](=O)[O-])cc4)cc3)c(=O)n2[C@H]1c1ccc(OC)c(OC)c1. The number of nitro benzene ring substituents is 1. The van der Waals surface area contributed by atoms with E-state index in [1.807, 2.05) is 42.5 Å². The fraction of sp³-hybridized carbons (Fsp3) is 0.162. The molecule has 1 aliphatic heterocycles. The lowest BCUT2D eigenvalue weighted by Crippen LogP contribution is -2.40. The molecule has 248 valence electrons. The standard InChI is InChI=1S/C37H31N3O8S/c1-4-47-36(42)32-33(25-8-6-5-7-9-25)38-37-39(34(32)26-14-19-29(45-2)30(21-26)46-3)35(41)31(49-37)20-23-12-17-28(18-13-23)48-22-24-10-15-27(16-11-24)40(43)44/h5-21,34H,4,22H2,1-3H3/b31-20-/t34-/m0/s1. The highest BCUT2D eigenvalue weighted by Crippen LogP contribution is 2.38. The van der Waals surface area contributed by atoms with Crippen LogP contribution in [0.25, 0.3) is 11.8 Å². The number of carbonyl (C=O) groups is 1. The molecule has 49 heavy (non-hydrogen) atoms. The minimum atomic E-state index is -0.873. The molecule has 4 aromatic carbocycles. The van der Waals surface area contributed by atoms with Gasteiger partial charge in [-0.05, 0) is 66.1 Å². The lowest BCUT2D eigenvalue weighted by Gasteiger charge is -2.26. The van der Waals surface area contributed by atoms with Crippen LogP contribution >= 0.6 is 11.3 Å². The number of nitrogens with zero attached hydrogens (tertiary/aromatic N) is 3. The molecule has 2 heterocycles. The Bertz CT molecular complexity index is 2220. The zero-order valence-electron chi connectivity index (χ0n) is 26.8. The largest absolute Gasteiger partial charge is 0.493 e. The number of fused-ring (bicyclic) bond motifs is 1. The summed E-state index contributed by atoms with van der Waals surface area (Å²) < 4.78 is 24.4. The molecule has 12 heteroatoms. The van der Waals surface area contributed by atoms with E-state index in [4.69, 9.17) is 23.9 Å². The maximum Gasteiger partial charge on any atom is 0.338 e. The summed E-state index contributed by atoms with van der Waals surface area (Å²) in [6, 6.07) is 27.1. The van der Waals surface area contributed by atoms with E-state index in [0.717, 1.165) is 11.1 Å². The molecule has 0 saturated heterocycles. The Balaban J connectivity index is 1.42. The fourth-order valence-electron chi connectivity index (χ4n) is 5.47. The second-order valence-corrected chi connectivity index (χ2v) is 11.8. The average molecular weight is 678 g/mol. The summed E-state index contributed by atoms with van der Waals surface area (Å²) in [5.41, 5.74) is 3.21. The third-order valence-corrected chi connectivity index (χ3v) is 8.81. The first kappa shape index (κ1) is 32.9. The lowest BCUT2D eigenvalue weighted by atomic mass is 9.93. The Kier molecular flexibility index (Phi) is 9.67. The molecule has 0 fully saturated rings. The molecule has 0 unspecified atom stereocenters. The van der Waals surface area contributed by atoms with Gasteiger partial charge in [0.2, 0.25) is 0 Å². The van der Waals surface area contributed by atoms with Crippen LogP contribution < -0.4 is 29.1 Å². The minimum Gasteiger partial charge on any atom is -0.493 e. The number of hydrogen-bond acceptors (Lipinski definition) is 10. The summed E-state index contributed by atoms with van der Waals surface area (Å²) in [6.45, 7) is 2.10. The van der Waals surface area contributed by atoms with Crippen molar-refractivity contribution >= 4 is 34.8 Å². The molecule has 0 amide bonds. The molecule has 5 aromatic rings. The molecule has 1 aromatic heterocycles.